The first-order valence-electron chi connectivity index (χ1n) is 7.91. The molecule has 0 aliphatic heterocycles. The summed E-state index contributed by atoms with van der Waals surface area (Å²) in [4.78, 5) is 16.8. The van der Waals surface area contributed by atoms with Crippen LogP contribution in [0.15, 0.2) is 30.3 Å². The molecule has 1 aromatic heterocycles. The predicted molar refractivity (Wildman–Crippen MR) is 87.2 cm³/mol. The molecule has 0 atom stereocenters. The van der Waals surface area contributed by atoms with Crippen LogP contribution in [0.3, 0.4) is 0 Å². The molecule has 0 radical (unpaired) electrons. The normalized spacial score (nSPS) is 21.5. The summed E-state index contributed by atoms with van der Waals surface area (Å²) in [5.74, 6) is 1.50. The van der Waals surface area contributed by atoms with Gasteiger partial charge in [0.1, 0.15) is 11.4 Å². The molecule has 1 aliphatic rings. The third-order valence-electron chi connectivity index (χ3n) is 4.48. The molecule has 1 aromatic carbocycles. The molecule has 0 unspecified atom stereocenters. The highest BCUT2D eigenvalue weighted by molar-refractivity contribution is 5.95. The third-order valence-corrected chi connectivity index (χ3v) is 4.48. The molecule has 4 heteroatoms. The third kappa shape index (κ3) is 3.21. The van der Waals surface area contributed by atoms with Gasteiger partial charge in [-0.05, 0) is 55.9 Å². The Hall–Kier alpha value is -2.10. The van der Waals surface area contributed by atoms with Crippen LogP contribution >= 0.6 is 0 Å². The molecule has 1 amide bonds. The van der Waals surface area contributed by atoms with Gasteiger partial charge >= 0.3 is 0 Å². The van der Waals surface area contributed by atoms with Crippen LogP contribution < -0.4 is 10.1 Å². The van der Waals surface area contributed by atoms with Crippen molar-refractivity contribution in [2.45, 2.75) is 38.6 Å². The second-order valence-electron chi connectivity index (χ2n) is 6.19. The number of carbonyl (C=O) groups excluding carboxylic acids is 1. The second kappa shape index (κ2) is 6.34. The first-order chi connectivity index (χ1) is 10.7. The van der Waals surface area contributed by atoms with E-state index in [1.807, 2.05) is 24.3 Å². The van der Waals surface area contributed by atoms with Crippen LogP contribution in [-0.2, 0) is 0 Å². The number of nitrogens with zero attached hydrogens (tertiary/aromatic N) is 1. The van der Waals surface area contributed by atoms with E-state index in [4.69, 9.17) is 4.74 Å². The van der Waals surface area contributed by atoms with Gasteiger partial charge in [-0.2, -0.15) is 0 Å². The van der Waals surface area contributed by atoms with E-state index in [0.29, 0.717) is 5.69 Å². The highest BCUT2D eigenvalue weighted by atomic mass is 16.5. The summed E-state index contributed by atoms with van der Waals surface area (Å²) in [5, 5.41) is 4.09. The average Bonchev–Trinajstić information content (AvgIpc) is 2.56. The number of fused-ring (bicyclic) bond motifs is 1. The Kier molecular flexibility index (Phi) is 4.27. The van der Waals surface area contributed by atoms with Gasteiger partial charge in [0, 0.05) is 11.4 Å². The Morgan fingerprint density at radius 2 is 1.95 bits per heavy atom. The molecule has 0 spiro atoms. The van der Waals surface area contributed by atoms with Crippen molar-refractivity contribution >= 4 is 16.8 Å². The summed E-state index contributed by atoms with van der Waals surface area (Å²) >= 11 is 0. The summed E-state index contributed by atoms with van der Waals surface area (Å²) in [6, 6.07) is 9.65. The minimum absolute atomic E-state index is 0.0720. The number of pyridine rings is 1. The summed E-state index contributed by atoms with van der Waals surface area (Å²) in [5.41, 5.74) is 1.29. The summed E-state index contributed by atoms with van der Waals surface area (Å²) in [6.45, 7) is 2.28. The number of nitrogens with one attached hydrogen (secondary N) is 1. The molecule has 22 heavy (non-hydrogen) atoms. The zero-order valence-corrected chi connectivity index (χ0v) is 13.1. The van der Waals surface area contributed by atoms with E-state index in [1.165, 1.54) is 12.8 Å². The Bertz CT molecular complexity index is 676. The van der Waals surface area contributed by atoms with Crippen molar-refractivity contribution in [1.29, 1.82) is 0 Å². The van der Waals surface area contributed by atoms with Gasteiger partial charge in [-0.3, -0.25) is 4.79 Å². The number of methoxy groups -OCH3 is 1. The van der Waals surface area contributed by atoms with Gasteiger partial charge in [-0.15, -0.1) is 0 Å². The van der Waals surface area contributed by atoms with E-state index in [-0.39, 0.29) is 11.9 Å². The van der Waals surface area contributed by atoms with E-state index in [0.717, 1.165) is 35.4 Å². The Labute approximate surface area is 130 Å². The van der Waals surface area contributed by atoms with Gasteiger partial charge in [-0.1, -0.05) is 13.0 Å². The van der Waals surface area contributed by atoms with Crippen molar-refractivity contribution < 1.29 is 9.53 Å². The highest BCUT2D eigenvalue weighted by Crippen LogP contribution is 2.24. The van der Waals surface area contributed by atoms with Crippen LogP contribution in [-0.4, -0.2) is 24.0 Å². The monoisotopic (exact) mass is 298 g/mol. The maximum Gasteiger partial charge on any atom is 0.270 e. The van der Waals surface area contributed by atoms with Crippen molar-refractivity contribution in [2.24, 2.45) is 5.92 Å². The Morgan fingerprint density at radius 1 is 1.18 bits per heavy atom. The van der Waals surface area contributed by atoms with Crippen LogP contribution in [0.4, 0.5) is 0 Å². The van der Waals surface area contributed by atoms with Gasteiger partial charge in [-0.25, -0.2) is 4.98 Å². The number of ether oxygens (including phenoxy) is 1. The van der Waals surface area contributed by atoms with Crippen molar-refractivity contribution in [2.75, 3.05) is 7.11 Å². The lowest BCUT2D eigenvalue weighted by Crippen LogP contribution is -2.37. The zero-order valence-electron chi connectivity index (χ0n) is 13.1. The maximum absolute atomic E-state index is 12.4. The van der Waals surface area contributed by atoms with Gasteiger partial charge in [0.05, 0.1) is 12.6 Å². The molecule has 0 saturated heterocycles. The Morgan fingerprint density at radius 3 is 2.68 bits per heavy atom. The second-order valence-corrected chi connectivity index (χ2v) is 6.19. The molecule has 1 saturated carbocycles. The van der Waals surface area contributed by atoms with E-state index in [1.54, 1.807) is 13.2 Å². The lowest BCUT2D eigenvalue weighted by Gasteiger charge is -2.26. The van der Waals surface area contributed by atoms with Gasteiger partial charge < -0.3 is 10.1 Å². The Balaban J connectivity index is 1.73. The number of hydrogen-bond donors (Lipinski definition) is 1. The van der Waals surface area contributed by atoms with Crippen molar-refractivity contribution in [1.82, 2.24) is 10.3 Å². The molecule has 4 nitrogen and oxygen atoms in total. The first kappa shape index (κ1) is 14.8. The molecule has 116 valence electrons. The van der Waals surface area contributed by atoms with Gasteiger partial charge in [0.2, 0.25) is 0 Å². The largest absolute Gasteiger partial charge is 0.497 e. The SMILES string of the molecule is COc1ccc2nc(C(=O)NC3CCC(C)CC3)ccc2c1. The minimum Gasteiger partial charge on any atom is -0.497 e. The van der Waals surface area contributed by atoms with Gasteiger partial charge in [0.25, 0.3) is 5.91 Å². The van der Waals surface area contributed by atoms with Crippen LogP contribution in [0.5, 0.6) is 5.75 Å². The van der Waals surface area contributed by atoms with E-state index < -0.39 is 0 Å². The molecule has 3 rings (SSSR count). The molecule has 1 fully saturated rings. The number of carbonyl (C=O) groups is 1. The van der Waals surface area contributed by atoms with Crippen LogP contribution in [0.25, 0.3) is 10.9 Å². The fraction of sp³-hybridized carbons (Fsp3) is 0.444. The number of amides is 1. The molecular formula is C18H22N2O2. The molecule has 1 aliphatic carbocycles. The topological polar surface area (TPSA) is 51.2 Å². The lowest BCUT2D eigenvalue weighted by molar-refractivity contribution is 0.0918. The number of hydrogen-bond acceptors (Lipinski definition) is 3. The number of aromatic nitrogens is 1. The fourth-order valence-corrected chi connectivity index (χ4v) is 3.02. The van der Waals surface area contributed by atoms with Crippen LogP contribution in [0.1, 0.15) is 43.1 Å². The van der Waals surface area contributed by atoms with Crippen LogP contribution in [0, 0.1) is 5.92 Å². The number of benzene rings is 1. The molecule has 1 heterocycles. The quantitative estimate of drug-likeness (QED) is 0.942. The van der Waals surface area contributed by atoms with E-state index in [2.05, 4.69) is 17.2 Å². The summed E-state index contributed by atoms with van der Waals surface area (Å²) in [6.07, 6.45) is 4.52. The van der Waals surface area contributed by atoms with Crippen LogP contribution in [0.2, 0.25) is 0 Å². The predicted octanol–water partition coefficient (Wildman–Crippen LogP) is 3.55. The smallest absolute Gasteiger partial charge is 0.270 e. The van der Waals surface area contributed by atoms with E-state index >= 15 is 0 Å². The number of rotatable bonds is 3. The first-order valence-corrected chi connectivity index (χ1v) is 7.91. The van der Waals surface area contributed by atoms with Gasteiger partial charge in [0.15, 0.2) is 0 Å². The zero-order chi connectivity index (χ0) is 15.5. The molecular weight excluding hydrogens is 276 g/mol. The molecule has 0 bridgehead atoms. The summed E-state index contributed by atoms with van der Waals surface area (Å²) < 4.78 is 5.20. The maximum atomic E-state index is 12.4. The summed E-state index contributed by atoms with van der Waals surface area (Å²) in [7, 11) is 1.64. The molecule has 1 N–H and O–H groups in total. The minimum atomic E-state index is -0.0720. The van der Waals surface area contributed by atoms with Crippen molar-refractivity contribution in [3.8, 4) is 5.75 Å². The highest BCUT2D eigenvalue weighted by Gasteiger charge is 2.20. The average molecular weight is 298 g/mol. The standard InChI is InChI=1S/C18H22N2O2/c1-12-3-6-14(7-4-12)19-18(21)17-9-5-13-11-15(22-2)8-10-16(13)20-17/h5,8-12,14H,3-4,6-7H2,1-2H3,(H,19,21). The lowest BCUT2D eigenvalue weighted by atomic mass is 9.87. The van der Waals surface area contributed by atoms with E-state index in [9.17, 15) is 4.79 Å². The molecule has 2 aromatic rings. The van der Waals surface area contributed by atoms with Crippen molar-refractivity contribution in [3.05, 3.63) is 36.0 Å². The van der Waals surface area contributed by atoms with Crippen molar-refractivity contribution in [3.63, 3.8) is 0 Å². The fourth-order valence-electron chi connectivity index (χ4n) is 3.02.